The number of nitrogens with zero attached hydrogens (tertiary/aromatic N) is 1. The van der Waals surface area contributed by atoms with Gasteiger partial charge < -0.3 is 20.1 Å². The lowest BCUT2D eigenvalue weighted by molar-refractivity contribution is 0.102. The fourth-order valence-corrected chi connectivity index (χ4v) is 2.76. The summed E-state index contributed by atoms with van der Waals surface area (Å²) in [6.07, 6.45) is 1.64. The van der Waals surface area contributed by atoms with Crippen molar-refractivity contribution < 1.29 is 14.3 Å². The minimum atomic E-state index is -0.286. The van der Waals surface area contributed by atoms with Gasteiger partial charge in [0.2, 0.25) is 6.79 Å². The van der Waals surface area contributed by atoms with E-state index >= 15 is 0 Å². The van der Waals surface area contributed by atoms with Gasteiger partial charge in [0.1, 0.15) is 5.69 Å². The number of pyridine rings is 1. The molecule has 0 fully saturated rings. The van der Waals surface area contributed by atoms with E-state index in [1.54, 1.807) is 30.5 Å². The number of aromatic nitrogens is 1. The molecule has 1 aliphatic heterocycles. The molecule has 1 aliphatic rings. The third-order valence-corrected chi connectivity index (χ3v) is 4.42. The summed E-state index contributed by atoms with van der Waals surface area (Å²) in [6, 6.07) is 14.9. The molecular weight excluding hydrogens is 342 g/mol. The Morgan fingerprint density at radius 2 is 1.67 bits per heavy atom. The van der Waals surface area contributed by atoms with Gasteiger partial charge in [0.15, 0.2) is 11.5 Å². The Balaban J connectivity index is 1.43. The van der Waals surface area contributed by atoms with Crippen molar-refractivity contribution in [2.24, 2.45) is 0 Å². The minimum Gasteiger partial charge on any atom is -0.454 e. The van der Waals surface area contributed by atoms with Crippen molar-refractivity contribution in [3.63, 3.8) is 0 Å². The molecule has 1 aromatic heterocycles. The zero-order chi connectivity index (χ0) is 18.8. The summed E-state index contributed by atoms with van der Waals surface area (Å²) in [4.78, 5) is 16.7. The highest BCUT2D eigenvalue weighted by Gasteiger charge is 2.15. The van der Waals surface area contributed by atoms with Gasteiger partial charge in [-0.3, -0.25) is 4.79 Å². The first-order valence-electron chi connectivity index (χ1n) is 8.60. The van der Waals surface area contributed by atoms with E-state index < -0.39 is 0 Å². The number of amides is 1. The lowest BCUT2D eigenvalue weighted by atomic mass is 10.1. The van der Waals surface area contributed by atoms with Crippen LogP contribution in [-0.2, 0) is 0 Å². The average molecular weight is 361 g/mol. The fourth-order valence-electron chi connectivity index (χ4n) is 2.76. The third-order valence-electron chi connectivity index (χ3n) is 4.42. The summed E-state index contributed by atoms with van der Waals surface area (Å²) >= 11 is 0. The van der Waals surface area contributed by atoms with Crippen molar-refractivity contribution in [3.05, 3.63) is 71.5 Å². The monoisotopic (exact) mass is 361 g/mol. The molecule has 4 rings (SSSR count). The van der Waals surface area contributed by atoms with E-state index in [-0.39, 0.29) is 12.7 Å². The zero-order valence-electron chi connectivity index (χ0n) is 15.1. The van der Waals surface area contributed by atoms with Crippen LogP contribution < -0.4 is 20.1 Å². The molecule has 2 N–H and O–H groups in total. The molecule has 3 aromatic rings. The Kier molecular flexibility index (Phi) is 4.38. The number of carbonyl (C=O) groups excluding carboxylic acids is 1. The van der Waals surface area contributed by atoms with Crippen LogP contribution in [0.4, 0.5) is 17.1 Å². The summed E-state index contributed by atoms with van der Waals surface area (Å²) in [5, 5.41) is 6.10. The Morgan fingerprint density at radius 1 is 0.889 bits per heavy atom. The Bertz CT molecular complexity index is 1000. The van der Waals surface area contributed by atoms with Crippen LogP contribution in [-0.4, -0.2) is 17.7 Å². The highest BCUT2D eigenvalue weighted by atomic mass is 16.7. The first kappa shape index (κ1) is 16.9. The van der Waals surface area contributed by atoms with Gasteiger partial charge in [0.05, 0.1) is 11.9 Å². The van der Waals surface area contributed by atoms with Crippen LogP contribution in [0.1, 0.15) is 21.6 Å². The van der Waals surface area contributed by atoms with Gasteiger partial charge in [-0.15, -0.1) is 0 Å². The molecule has 2 aromatic carbocycles. The van der Waals surface area contributed by atoms with Gasteiger partial charge >= 0.3 is 0 Å². The predicted molar refractivity (Wildman–Crippen MR) is 104 cm³/mol. The lowest BCUT2D eigenvalue weighted by Crippen LogP contribution is -2.13. The number of benzene rings is 2. The number of fused-ring (bicyclic) bond motifs is 1. The van der Waals surface area contributed by atoms with Crippen LogP contribution in [0.5, 0.6) is 11.5 Å². The Hall–Kier alpha value is -3.54. The number of nitrogens with one attached hydrogen (secondary N) is 2. The standard InChI is InChI=1S/C21H19N3O3/c1-13-3-4-15(9-14(13)2)23-17-5-7-18(22-11-17)21(25)24-16-6-8-19-20(10-16)27-12-26-19/h3-11,23H,12H2,1-2H3,(H,24,25). The molecule has 0 bridgehead atoms. The number of anilines is 3. The number of hydrogen-bond donors (Lipinski definition) is 2. The molecule has 6 heteroatoms. The molecular formula is C21H19N3O3. The second kappa shape index (κ2) is 6.99. The van der Waals surface area contributed by atoms with Crippen LogP contribution in [0.3, 0.4) is 0 Å². The van der Waals surface area contributed by atoms with Gasteiger partial charge in [0, 0.05) is 17.4 Å². The number of hydrogen-bond acceptors (Lipinski definition) is 5. The Labute approximate surface area is 157 Å². The number of ether oxygens (including phenoxy) is 2. The maximum Gasteiger partial charge on any atom is 0.274 e. The minimum absolute atomic E-state index is 0.198. The van der Waals surface area contributed by atoms with Crippen molar-refractivity contribution in [2.45, 2.75) is 13.8 Å². The topological polar surface area (TPSA) is 72.5 Å². The van der Waals surface area contributed by atoms with E-state index in [0.717, 1.165) is 11.4 Å². The molecule has 0 saturated carbocycles. The van der Waals surface area contributed by atoms with Crippen molar-refractivity contribution in [1.82, 2.24) is 4.98 Å². The fraction of sp³-hybridized carbons (Fsp3) is 0.143. The van der Waals surface area contributed by atoms with E-state index in [0.29, 0.717) is 22.9 Å². The zero-order valence-corrected chi connectivity index (χ0v) is 15.1. The highest BCUT2D eigenvalue weighted by Crippen LogP contribution is 2.34. The largest absolute Gasteiger partial charge is 0.454 e. The summed E-state index contributed by atoms with van der Waals surface area (Å²) in [5.41, 5.74) is 5.22. The molecule has 2 heterocycles. The van der Waals surface area contributed by atoms with Crippen molar-refractivity contribution >= 4 is 23.0 Å². The lowest BCUT2D eigenvalue weighted by Gasteiger charge is -2.09. The first-order chi connectivity index (χ1) is 13.1. The van der Waals surface area contributed by atoms with Crippen LogP contribution >= 0.6 is 0 Å². The smallest absolute Gasteiger partial charge is 0.274 e. The molecule has 6 nitrogen and oxygen atoms in total. The molecule has 1 amide bonds. The van der Waals surface area contributed by atoms with Gasteiger partial charge in [-0.05, 0) is 61.4 Å². The van der Waals surface area contributed by atoms with Crippen LogP contribution in [0.15, 0.2) is 54.7 Å². The maximum atomic E-state index is 12.4. The van der Waals surface area contributed by atoms with Gasteiger partial charge in [0.25, 0.3) is 5.91 Å². The predicted octanol–water partition coefficient (Wildman–Crippen LogP) is 4.42. The van der Waals surface area contributed by atoms with E-state index in [1.165, 1.54) is 11.1 Å². The van der Waals surface area contributed by atoms with Crippen molar-refractivity contribution in [1.29, 1.82) is 0 Å². The highest BCUT2D eigenvalue weighted by molar-refractivity contribution is 6.03. The third kappa shape index (κ3) is 3.69. The normalized spacial score (nSPS) is 11.9. The van der Waals surface area contributed by atoms with Gasteiger partial charge in [-0.2, -0.15) is 0 Å². The summed E-state index contributed by atoms with van der Waals surface area (Å²) in [6.45, 7) is 4.35. The summed E-state index contributed by atoms with van der Waals surface area (Å²) < 4.78 is 10.6. The SMILES string of the molecule is Cc1ccc(Nc2ccc(C(=O)Nc3ccc4c(c3)OCO4)nc2)cc1C. The van der Waals surface area contributed by atoms with Gasteiger partial charge in [-0.1, -0.05) is 6.07 Å². The average Bonchev–Trinajstić information content (AvgIpc) is 3.13. The first-order valence-corrected chi connectivity index (χ1v) is 8.60. The van der Waals surface area contributed by atoms with Crippen molar-refractivity contribution in [3.8, 4) is 11.5 Å². The summed E-state index contributed by atoms with van der Waals surface area (Å²) in [7, 11) is 0. The molecule has 27 heavy (non-hydrogen) atoms. The summed E-state index contributed by atoms with van der Waals surface area (Å²) in [5.74, 6) is 1.01. The quantitative estimate of drug-likeness (QED) is 0.719. The van der Waals surface area contributed by atoms with Gasteiger partial charge in [-0.25, -0.2) is 4.98 Å². The van der Waals surface area contributed by atoms with E-state index in [9.17, 15) is 4.79 Å². The van der Waals surface area contributed by atoms with Crippen LogP contribution in [0.25, 0.3) is 0 Å². The van der Waals surface area contributed by atoms with E-state index in [2.05, 4.69) is 41.6 Å². The molecule has 0 aliphatic carbocycles. The Morgan fingerprint density at radius 3 is 2.44 bits per heavy atom. The maximum absolute atomic E-state index is 12.4. The molecule has 0 spiro atoms. The second-order valence-electron chi connectivity index (χ2n) is 6.38. The van der Waals surface area contributed by atoms with Crippen LogP contribution in [0.2, 0.25) is 0 Å². The number of rotatable bonds is 4. The van der Waals surface area contributed by atoms with E-state index in [1.807, 2.05) is 12.1 Å². The molecule has 136 valence electrons. The van der Waals surface area contributed by atoms with Crippen molar-refractivity contribution in [2.75, 3.05) is 17.4 Å². The molecule has 0 saturated heterocycles. The molecule has 0 unspecified atom stereocenters. The number of aryl methyl sites for hydroxylation is 2. The number of carbonyl (C=O) groups is 1. The molecule has 0 atom stereocenters. The molecule has 0 radical (unpaired) electrons. The van der Waals surface area contributed by atoms with E-state index in [4.69, 9.17) is 9.47 Å². The van der Waals surface area contributed by atoms with Crippen LogP contribution in [0, 0.1) is 13.8 Å². The second-order valence-corrected chi connectivity index (χ2v) is 6.38.